The summed E-state index contributed by atoms with van der Waals surface area (Å²) in [5.41, 5.74) is 2.70. The van der Waals surface area contributed by atoms with Crippen molar-refractivity contribution >= 4 is 29.7 Å². The first-order valence-electron chi connectivity index (χ1n) is 6.88. The van der Waals surface area contributed by atoms with Crippen molar-refractivity contribution in [1.29, 1.82) is 0 Å². The first-order chi connectivity index (χ1) is 9.79. The summed E-state index contributed by atoms with van der Waals surface area (Å²) in [5.74, 6) is 0.0158. The van der Waals surface area contributed by atoms with Crippen molar-refractivity contribution in [2.24, 2.45) is 0 Å². The highest BCUT2D eigenvalue weighted by Crippen LogP contribution is 2.19. The van der Waals surface area contributed by atoms with E-state index in [1.807, 2.05) is 23.3 Å². The van der Waals surface area contributed by atoms with Gasteiger partial charge in [-0.3, -0.25) is 9.89 Å². The third kappa shape index (κ3) is 3.28. The number of nitrogens with one attached hydrogen (secondary N) is 2. The number of fused-ring (bicyclic) bond motifs is 1. The summed E-state index contributed by atoms with van der Waals surface area (Å²) in [6, 6.07) is 4.07. The normalized spacial score (nSPS) is 13.4. The van der Waals surface area contributed by atoms with Crippen LogP contribution in [0.5, 0.6) is 0 Å². The van der Waals surface area contributed by atoms with Crippen molar-refractivity contribution in [1.82, 2.24) is 20.4 Å². The second kappa shape index (κ2) is 7.06. The lowest BCUT2D eigenvalue weighted by Crippen LogP contribution is -2.32. The fourth-order valence-corrected chi connectivity index (χ4v) is 3.19. The van der Waals surface area contributed by atoms with Crippen molar-refractivity contribution in [3.8, 4) is 0 Å². The molecule has 5 nitrogen and oxygen atoms in total. The zero-order valence-electron chi connectivity index (χ0n) is 11.9. The lowest BCUT2D eigenvalue weighted by atomic mass is 10.1. The average Bonchev–Trinajstić information content (AvgIpc) is 3.13. The lowest BCUT2D eigenvalue weighted by molar-refractivity contribution is 0.0747. The number of hydrogen-bond acceptors (Lipinski definition) is 4. The van der Waals surface area contributed by atoms with Crippen LogP contribution in [0, 0.1) is 0 Å². The minimum absolute atomic E-state index is 0. The molecule has 114 valence electrons. The molecule has 0 saturated heterocycles. The topological polar surface area (TPSA) is 61.0 Å². The zero-order chi connectivity index (χ0) is 13.9. The number of H-pyrrole nitrogens is 1. The summed E-state index contributed by atoms with van der Waals surface area (Å²) < 4.78 is 0. The Bertz CT molecular complexity index is 596. The molecule has 0 bridgehead atoms. The summed E-state index contributed by atoms with van der Waals surface area (Å²) in [7, 11) is 0. The molecule has 0 unspecified atom stereocenters. The van der Waals surface area contributed by atoms with Gasteiger partial charge < -0.3 is 10.2 Å². The molecule has 7 heteroatoms. The number of nitrogens with zero attached hydrogens (tertiary/aromatic N) is 2. The minimum atomic E-state index is 0. The van der Waals surface area contributed by atoms with Crippen LogP contribution in [-0.2, 0) is 19.5 Å². The van der Waals surface area contributed by atoms with Gasteiger partial charge in [-0.15, -0.1) is 23.7 Å². The first-order valence-corrected chi connectivity index (χ1v) is 7.76. The Morgan fingerprint density at radius 2 is 2.38 bits per heavy atom. The van der Waals surface area contributed by atoms with Gasteiger partial charge in [-0.1, -0.05) is 6.07 Å². The molecule has 2 aromatic rings. The molecule has 3 heterocycles. The molecule has 0 spiro atoms. The summed E-state index contributed by atoms with van der Waals surface area (Å²) >= 11 is 1.68. The smallest absolute Gasteiger partial charge is 0.275 e. The number of amides is 1. The fourth-order valence-electron chi connectivity index (χ4n) is 2.47. The minimum Gasteiger partial charge on any atom is -0.332 e. The maximum absolute atomic E-state index is 12.7. The van der Waals surface area contributed by atoms with E-state index >= 15 is 0 Å². The Hall–Kier alpha value is -1.37. The SMILES string of the molecule is CCN(Cc1cccs1)C(=O)c1n[nH]c2c1CNCC2.Cl. The van der Waals surface area contributed by atoms with E-state index in [0.717, 1.165) is 30.8 Å². The third-order valence-electron chi connectivity index (χ3n) is 3.60. The third-order valence-corrected chi connectivity index (χ3v) is 4.47. The van der Waals surface area contributed by atoms with Crippen LogP contribution in [0.3, 0.4) is 0 Å². The molecule has 21 heavy (non-hydrogen) atoms. The Labute approximate surface area is 134 Å². The maximum atomic E-state index is 12.7. The number of carbonyl (C=O) groups is 1. The molecule has 0 saturated carbocycles. The summed E-state index contributed by atoms with van der Waals surface area (Å²) in [4.78, 5) is 15.7. The molecule has 1 aliphatic rings. The molecule has 0 atom stereocenters. The molecule has 0 fully saturated rings. The molecule has 1 amide bonds. The highest BCUT2D eigenvalue weighted by molar-refractivity contribution is 7.09. The van der Waals surface area contributed by atoms with Crippen LogP contribution in [0.4, 0.5) is 0 Å². The number of rotatable bonds is 4. The van der Waals surface area contributed by atoms with E-state index in [4.69, 9.17) is 0 Å². The number of aromatic nitrogens is 2. The second-order valence-electron chi connectivity index (χ2n) is 4.85. The van der Waals surface area contributed by atoms with Crippen molar-refractivity contribution in [3.63, 3.8) is 0 Å². The number of halogens is 1. The molecular weight excluding hydrogens is 308 g/mol. The van der Waals surface area contributed by atoms with E-state index < -0.39 is 0 Å². The fraction of sp³-hybridized carbons (Fsp3) is 0.429. The second-order valence-corrected chi connectivity index (χ2v) is 5.89. The van der Waals surface area contributed by atoms with Crippen molar-refractivity contribution in [2.75, 3.05) is 13.1 Å². The summed E-state index contributed by atoms with van der Waals surface area (Å²) in [5, 5.41) is 12.6. The van der Waals surface area contributed by atoms with Gasteiger partial charge in [0.1, 0.15) is 0 Å². The van der Waals surface area contributed by atoms with Crippen molar-refractivity contribution in [3.05, 3.63) is 39.3 Å². The van der Waals surface area contributed by atoms with E-state index in [9.17, 15) is 4.79 Å². The molecule has 0 aromatic carbocycles. The molecule has 2 N–H and O–H groups in total. The van der Waals surface area contributed by atoms with Gasteiger partial charge >= 0.3 is 0 Å². The molecule has 2 aromatic heterocycles. The van der Waals surface area contributed by atoms with Gasteiger partial charge in [0, 0.05) is 42.2 Å². The Balaban J connectivity index is 0.00000161. The van der Waals surface area contributed by atoms with Gasteiger partial charge in [0.05, 0.1) is 6.54 Å². The Kier molecular flexibility index (Phi) is 5.39. The Morgan fingerprint density at radius 3 is 3.10 bits per heavy atom. The van der Waals surface area contributed by atoms with Gasteiger partial charge in [-0.2, -0.15) is 5.10 Å². The summed E-state index contributed by atoms with van der Waals surface area (Å²) in [6.07, 6.45) is 0.909. The van der Waals surface area contributed by atoms with E-state index in [-0.39, 0.29) is 18.3 Å². The zero-order valence-corrected chi connectivity index (χ0v) is 13.5. The molecule has 3 rings (SSSR count). The molecular formula is C14H19ClN4OS. The summed E-state index contributed by atoms with van der Waals surface area (Å²) in [6.45, 7) is 5.01. The monoisotopic (exact) mass is 326 g/mol. The molecule has 1 aliphatic heterocycles. The number of carbonyl (C=O) groups excluding carboxylic acids is 1. The molecule has 0 aliphatic carbocycles. The van der Waals surface area contributed by atoms with Gasteiger partial charge in [0.15, 0.2) is 5.69 Å². The van der Waals surface area contributed by atoms with Gasteiger partial charge in [-0.25, -0.2) is 0 Å². The molecule has 0 radical (unpaired) electrons. The van der Waals surface area contributed by atoms with Crippen LogP contribution in [0.1, 0.15) is 33.5 Å². The van der Waals surface area contributed by atoms with E-state index in [1.54, 1.807) is 11.3 Å². The van der Waals surface area contributed by atoms with Crippen LogP contribution in [-0.4, -0.2) is 34.1 Å². The maximum Gasteiger partial charge on any atom is 0.275 e. The van der Waals surface area contributed by atoms with Gasteiger partial charge in [-0.05, 0) is 18.4 Å². The Morgan fingerprint density at radius 1 is 1.52 bits per heavy atom. The van der Waals surface area contributed by atoms with Crippen LogP contribution in [0.15, 0.2) is 17.5 Å². The largest absolute Gasteiger partial charge is 0.332 e. The standard InChI is InChI=1S/C14H18N4OS.ClH/c1-2-18(9-10-4-3-7-20-10)14(19)13-11-8-15-6-5-12(11)16-17-13;/h3-4,7,15H,2,5-6,8-9H2,1H3,(H,16,17);1H. The number of hydrogen-bond donors (Lipinski definition) is 2. The first kappa shape index (κ1) is 16.0. The predicted octanol–water partition coefficient (Wildman–Crippen LogP) is 2.20. The average molecular weight is 327 g/mol. The predicted molar refractivity (Wildman–Crippen MR) is 86.0 cm³/mol. The van der Waals surface area contributed by atoms with E-state index in [0.29, 0.717) is 18.8 Å². The van der Waals surface area contributed by atoms with Gasteiger partial charge in [0.25, 0.3) is 5.91 Å². The number of aromatic amines is 1. The van der Waals surface area contributed by atoms with Crippen LogP contribution < -0.4 is 5.32 Å². The lowest BCUT2D eigenvalue weighted by Gasteiger charge is -2.20. The van der Waals surface area contributed by atoms with Crippen LogP contribution in [0.2, 0.25) is 0 Å². The number of thiophene rings is 1. The van der Waals surface area contributed by atoms with Crippen LogP contribution in [0.25, 0.3) is 0 Å². The van der Waals surface area contributed by atoms with Crippen molar-refractivity contribution in [2.45, 2.75) is 26.4 Å². The van der Waals surface area contributed by atoms with Crippen LogP contribution >= 0.6 is 23.7 Å². The van der Waals surface area contributed by atoms with E-state index in [2.05, 4.69) is 21.6 Å². The van der Waals surface area contributed by atoms with Gasteiger partial charge in [0.2, 0.25) is 0 Å². The highest BCUT2D eigenvalue weighted by atomic mass is 35.5. The highest BCUT2D eigenvalue weighted by Gasteiger charge is 2.25. The van der Waals surface area contributed by atoms with Crippen molar-refractivity contribution < 1.29 is 4.79 Å². The quantitative estimate of drug-likeness (QED) is 0.905. The van der Waals surface area contributed by atoms with E-state index in [1.165, 1.54) is 4.88 Å².